The molecule has 0 aromatic carbocycles. The van der Waals surface area contributed by atoms with Gasteiger partial charge >= 0.3 is 0 Å². The van der Waals surface area contributed by atoms with Crippen molar-refractivity contribution >= 4 is 0 Å². The predicted molar refractivity (Wildman–Crippen MR) is 48.6 cm³/mol. The lowest BCUT2D eigenvalue weighted by Crippen LogP contribution is -3.00. The van der Waals surface area contributed by atoms with Gasteiger partial charge in [0, 0.05) is 6.61 Å². The van der Waals surface area contributed by atoms with Crippen molar-refractivity contribution in [1.82, 2.24) is 0 Å². The van der Waals surface area contributed by atoms with Crippen LogP contribution in [-0.4, -0.2) is 45.4 Å². The van der Waals surface area contributed by atoms with E-state index in [1.165, 1.54) is 0 Å². The van der Waals surface area contributed by atoms with Crippen LogP contribution in [0.5, 0.6) is 0 Å². The van der Waals surface area contributed by atoms with Crippen LogP contribution in [0.4, 0.5) is 0 Å². The van der Waals surface area contributed by atoms with E-state index in [0.717, 1.165) is 24.2 Å². The van der Waals surface area contributed by atoms with Crippen molar-refractivity contribution < 1.29 is 21.6 Å². The summed E-state index contributed by atoms with van der Waals surface area (Å²) in [6.07, 6.45) is 0. The maximum absolute atomic E-state index is 5.46. The van der Waals surface area contributed by atoms with Crippen LogP contribution < -0.4 is 12.4 Å². The number of likely N-dealkylation sites (N-methyl/N-ethyl adjacent to an activating group) is 1. The fraction of sp³-hybridized carbons (Fsp3) is 1.00. The molecule has 0 heterocycles. The third kappa shape index (κ3) is 12.8. The van der Waals surface area contributed by atoms with Crippen LogP contribution in [0, 0.1) is 5.92 Å². The van der Waals surface area contributed by atoms with E-state index >= 15 is 0 Å². The van der Waals surface area contributed by atoms with Gasteiger partial charge in [0.15, 0.2) is 0 Å². The fourth-order valence-corrected chi connectivity index (χ4v) is 0.657. The molecule has 0 unspecified atom stereocenters. The Morgan fingerprint density at radius 2 is 1.67 bits per heavy atom. The summed E-state index contributed by atoms with van der Waals surface area (Å²) in [5.74, 6) is 0.655. The molecule has 0 aliphatic rings. The molecule has 0 aromatic rings. The van der Waals surface area contributed by atoms with Gasteiger partial charge < -0.3 is 21.6 Å². The van der Waals surface area contributed by atoms with E-state index in [2.05, 4.69) is 35.0 Å². The molecule has 0 aromatic heterocycles. The Kier molecular flexibility index (Phi) is 8.21. The van der Waals surface area contributed by atoms with Crippen molar-refractivity contribution in [3.8, 4) is 0 Å². The molecule has 3 heteroatoms. The average Bonchev–Trinajstić information content (AvgIpc) is 1.78. The van der Waals surface area contributed by atoms with Gasteiger partial charge in [0.05, 0.1) is 27.7 Å². The van der Waals surface area contributed by atoms with E-state index in [-0.39, 0.29) is 12.4 Å². The van der Waals surface area contributed by atoms with Gasteiger partial charge in [-0.05, 0) is 5.92 Å². The summed E-state index contributed by atoms with van der Waals surface area (Å²) in [7, 11) is 6.54. The van der Waals surface area contributed by atoms with Crippen molar-refractivity contribution in [2.24, 2.45) is 5.92 Å². The highest BCUT2D eigenvalue weighted by molar-refractivity contribution is 4.39. The van der Waals surface area contributed by atoms with Gasteiger partial charge in [0.2, 0.25) is 0 Å². The molecular formula is C9H22ClNO. The van der Waals surface area contributed by atoms with Gasteiger partial charge in [-0.25, -0.2) is 0 Å². The molecule has 0 aliphatic heterocycles. The number of ether oxygens (including phenoxy) is 1. The molecule has 12 heavy (non-hydrogen) atoms. The lowest BCUT2D eigenvalue weighted by Gasteiger charge is -2.23. The minimum Gasteiger partial charge on any atom is -1.00 e. The topological polar surface area (TPSA) is 9.23 Å². The van der Waals surface area contributed by atoms with Crippen molar-refractivity contribution in [2.45, 2.75) is 13.8 Å². The monoisotopic (exact) mass is 195 g/mol. The van der Waals surface area contributed by atoms with Crippen LogP contribution in [0.15, 0.2) is 0 Å². The smallest absolute Gasteiger partial charge is 0.102 e. The molecule has 2 nitrogen and oxygen atoms in total. The molecule has 76 valence electrons. The SMILES string of the molecule is CC(C)COCC[N+](C)(C)C.[Cl-]. The van der Waals surface area contributed by atoms with Crippen LogP contribution >= 0.6 is 0 Å². The summed E-state index contributed by atoms with van der Waals surface area (Å²) in [5.41, 5.74) is 0. The average molecular weight is 196 g/mol. The zero-order chi connectivity index (χ0) is 8.91. The minimum atomic E-state index is 0. The van der Waals surface area contributed by atoms with Crippen molar-refractivity contribution in [3.05, 3.63) is 0 Å². The zero-order valence-electron chi connectivity index (χ0n) is 8.93. The summed E-state index contributed by atoms with van der Waals surface area (Å²) < 4.78 is 6.44. The highest BCUT2D eigenvalue weighted by Crippen LogP contribution is 1.94. The molecule has 0 rings (SSSR count). The molecule has 0 amide bonds. The van der Waals surface area contributed by atoms with Crippen LogP contribution in [-0.2, 0) is 4.74 Å². The normalized spacial score (nSPS) is 11.5. The number of hydrogen-bond acceptors (Lipinski definition) is 1. The van der Waals surface area contributed by atoms with Crippen LogP contribution in [0.1, 0.15) is 13.8 Å². The van der Waals surface area contributed by atoms with Crippen molar-refractivity contribution in [2.75, 3.05) is 40.9 Å². The number of quaternary nitrogens is 1. The summed E-state index contributed by atoms with van der Waals surface area (Å²) in [4.78, 5) is 0. The number of halogens is 1. The molecule has 0 fully saturated rings. The van der Waals surface area contributed by atoms with E-state index in [0.29, 0.717) is 5.92 Å². The lowest BCUT2D eigenvalue weighted by atomic mass is 10.2. The maximum Gasteiger partial charge on any atom is 0.102 e. The van der Waals surface area contributed by atoms with Crippen LogP contribution in [0.3, 0.4) is 0 Å². The van der Waals surface area contributed by atoms with Gasteiger partial charge in [-0.3, -0.25) is 0 Å². The van der Waals surface area contributed by atoms with Crippen LogP contribution in [0.25, 0.3) is 0 Å². The molecule has 0 atom stereocenters. The molecule has 0 bridgehead atoms. The molecular weight excluding hydrogens is 174 g/mol. The Bertz CT molecular complexity index is 99.2. The van der Waals surface area contributed by atoms with Crippen molar-refractivity contribution in [1.29, 1.82) is 0 Å². The molecule has 0 spiro atoms. The van der Waals surface area contributed by atoms with Crippen molar-refractivity contribution in [3.63, 3.8) is 0 Å². The lowest BCUT2D eigenvalue weighted by molar-refractivity contribution is -0.870. The zero-order valence-corrected chi connectivity index (χ0v) is 9.69. The summed E-state index contributed by atoms with van der Waals surface area (Å²) in [6, 6.07) is 0. The second kappa shape index (κ2) is 6.70. The van der Waals surface area contributed by atoms with E-state index in [9.17, 15) is 0 Å². The van der Waals surface area contributed by atoms with E-state index in [1.54, 1.807) is 0 Å². The van der Waals surface area contributed by atoms with E-state index in [4.69, 9.17) is 4.74 Å². The van der Waals surface area contributed by atoms with E-state index in [1.807, 2.05) is 0 Å². The highest BCUT2D eigenvalue weighted by atomic mass is 35.5. The second-order valence-electron chi connectivity index (χ2n) is 4.48. The van der Waals surface area contributed by atoms with Gasteiger partial charge in [-0.1, -0.05) is 13.8 Å². The number of nitrogens with zero attached hydrogens (tertiary/aromatic N) is 1. The van der Waals surface area contributed by atoms with Crippen LogP contribution in [0.2, 0.25) is 0 Å². The summed E-state index contributed by atoms with van der Waals surface area (Å²) >= 11 is 0. The Morgan fingerprint density at radius 3 is 2.00 bits per heavy atom. The molecule has 0 saturated carbocycles. The second-order valence-corrected chi connectivity index (χ2v) is 4.48. The quantitative estimate of drug-likeness (QED) is 0.378. The molecule has 0 N–H and O–H groups in total. The Morgan fingerprint density at radius 1 is 1.17 bits per heavy atom. The first-order valence-corrected chi connectivity index (χ1v) is 4.30. The van der Waals surface area contributed by atoms with E-state index < -0.39 is 0 Å². The highest BCUT2D eigenvalue weighted by Gasteiger charge is 2.05. The molecule has 0 aliphatic carbocycles. The summed E-state index contributed by atoms with van der Waals surface area (Å²) in [6.45, 7) is 7.20. The van der Waals surface area contributed by atoms with Gasteiger partial charge in [-0.2, -0.15) is 0 Å². The third-order valence-electron chi connectivity index (χ3n) is 1.36. The predicted octanol–water partition coefficient (Wildman–Crippen LogP) is -1.63. The Hall–Kier alpha value is 0.210. The first-order valence-electron chi connectivity index (χ1n) is 4.30. The first kappa shape index (κ1) is 14.7. The van der Waals surface area contributed by atoms with Gasteiger partial charge in [0.1, 0.15) is 6.54 Å². The number of hydrogen-bond donors (Lipinski definition) is 0. The number of rotatable bonds is 5. The molecule has 0 radical (unpaired) electrons. The molecule has 0 saturated heterocycles. The van der Waals surface area contributed by atoms with Gasteiger partial charge in [-0.15, -0.1) is 0 Å². The summed E-state index contributed by atoms with van der Waals surface area (Å²) in [5, 5.41) is 0. The first-order chi connectivity index (χ1) is 4.92. The Labute approximate surface area is 82.9 Å². The third-order valence-corrected chi connectivity index (χ3v) is 1.36. The Balaban J connectivity index is 0. The maximum atomic E-state index is 5.46. The minimum absolute atomic E-state index is 0. The van der Waals surface area contributed by atoms with Gasteiger partial charge in [0.25, 0.3) is 0 Å². The largest absolute Gasteiger partial charge is 1.00 e. The fourth-order valence-electron chi connectivity index (χ4n) is 0.657. The standard InChI is InChI=1S/C9H22NO.ClH/c1-9(2)8-11-7-6-10(3,4)5;/h9H,6-8H2,1-5H3;1H/q+1;/p-1.